The molecule has 0 saturated heterocycles. The van der Waals surface area contributed by atoms with Crippen molar-refractivity contribution in [2.75, 3.05) is 6.54 Å². The van der Waals surface area contributed by atoms with Crippen LogP contribution in [0, 0.1) is 6.92 Å². The van der Waals surface area contributed by atoms with E-state index < -0.39 is 0 Å². The van der Waals surface area contributed by atoms with Crippen molar-refractivity contribution in [3.8, 4) is 11.3 Å². The van der Waals surface area contributed by atoms with Gasteiger partial charge in [0.05, 0.1) is 18.8 Å². The minimum atomic E-state index is -0.320. The third-order valence-corrected chi connectivity index (χ3v) is 5.27. The smallest absolute Gasteiger partial charge is 0.244 e. The largest absolute Gasteiger partial charge is 0.348 e. The van der Waals surface area contributed by atoms with E-state index in [-0.39, 0.29) is 18.4 Å². The summed E-state index contributed by atoms with van der Waals surface area (Å²) in [5.41, 5.74) is 2.79. The van der Waals surface area contributed by atoms with E-state index in [1.165, 1.54) is 17.4 Å². The monoisotopic (exact) mass is 425 g/mol. The molecule has 2 aromatic carbocycles. The number of nitrogens with one attached hydrogen (secondary N) is 2. The van der Waals surface area contributed by atoms with E-state index in [1.807, 2.05) is 61.5 Å². The minimum absolute atomic E-state index is 0.0909. The number of thiazole rings is 1. The van der Waals surface area contributed by atoms with E-state index in [1.54, 1.807) is 6.08 Å². The zero-order valence-electron chi connectivity index (χ0n) is 15.8. The molecule has 148 valence electrons. The second kappa shape index (κ2) is 10.0. The van der Waals surface area contributed by atoms with Crippen LogP contribution in [0.15, 0.2) is 60.7 Å². The van der Waals surface area contributed by atoms with Crippen LogP contribution in [0.3, 0.4) is 0 Å². The van der Waals surface area contributed by atoms with Crippen LogP contribution in [-0.2, 0) is 16.1 Å². The molecule has 0 unspecified atom stereocenters. The van der Waals surface area contributed by atoms with Crippen molar-refractivity contribution in [1.82, 2.24) is 15.6 Å². The second-order valence-electron chi connectivity index (χ2n) is 6.26. The Labute approximate surface area is 178 Å². The topological polar surface area (TPSA) is 71.1 Å². The minimum Gasteiger partial charge on any atom is -0.348 e. The summed E-state index contributed by atoms with van der Waals surface area (Å²) in [6.45, 7) is 2.21. The number of carbonyl (C=O) groups is 2. The molecule has 0 aliphatic carbocycles. The number of rotatable bonds is 7. The predicted octanol–water partition coefficient (Wildman–Crippen LogP) is 4.22. The Bertz CT molecular complexity index is 1010. The van der Waals surface area contributed by atoms with Crippen LogP contribution < -0.4 is 10.6 Å². The normalized spacial score (nSPS) is 10.8. The summed E-state index contributed by atoms with van der Waals surface area (Å²) in [4.78, 5) is 29.5. The molecule has 0 spiro atoms. The van der Waals surface area contributed by atoms with Crippen molar-refractivity contribution in [3.05, 3.63) is 81.1 Å². The van der Waals surface area contributed by atoms with E-state index in [0.717, 1.165) is 26.7 Å². The van der Waals surface area contributed by atoms with E-state index in [0.29, 0.717) is 11.6 Å². The number of halogens is 1. The molecular formula is C22H20ClN3O2S. The van der Waals surface area contributed by atoms with Gasteiger partial charge in [-0.2, -0.15) is 0 Å². The van der Waals surface area contributed by atoms with Gasteiger partial charge in [0.25, 0.3) is 0 Å². The Morgan fingerprint density at radius 1 is 1.07 bits per heavy atom. The van der Waals surface area contributed by atoms with Gasteiger partial charge in [-0.25, -0.2) is 4.98 Å². The number of aromatic nitrogens is 1. The number of amides is 2. The van der Waals surface area contributed by atoms with Gasteiger partial charge in [-0.1, -0.05) is 54.1 Å². The number of carbonyl (C=O) groups excluding carboxylic acids is 2. The SMILES string of the molecule is Cc1sc(CNC(=O)CNC(=O)/C=C/c2ccccc2)nc1-c1ccc(Cl)cc1. The summed E-state index contributed by atoms with van der Waals surface area (Å²) in [6.07, 6.45) is 3.11. The van der Waals surface area contributed by atoms with Crippen molar-refractivity contribution in [3.63, 3.8) is 0 Å². The first-order chi connectivity index (χ1) is 14.0. The first kappa shape index (κ1) is 20.8. The Morgan fingerprint density at radius 2 is 1.79 bits per heavy atom. The fourth-order valence-electron chi connectivity index (χ4n) is 2.60. The third kappa shape index (κ3) is 6.27. The Balaban J connectivity index is 1.47. The van der Waals surface area contributed by atoms with Gasteiger partial charge in [-0.05, 0) is 30.7 Å². The quantitative estimate of drug-likeness (QED) is 0.557. The molecule has 0 saturated carbocycles. The average Bonchev–Trinajstić information content (AvgIpc) is 3.11. The lowest BCUT2D eigenvalue weighted by molar-refractivity contribution is -0.124. The van der Waals surface area contributed by atoms with Crippen molar-refractivity contribution >= 4 is 40.8 Å². The van der Waals surface area contributed by atoms with Gasteiger partial charge in [0.15, 0.2) is 0 Å². The maximum atomic E-state index is 12.0. The van der Waals surface area contributed by atoms with Gasteiger partial charge in [-0.15, -0.1) is 11.3 Å². The van der Waals surface area contributed by atoms with Crippen LogP contribution in [0.5, 0.6) is 0 Å². The molecule has 1 heterocycles. The van der Waals surface area contributed by atoms with Crippen molar-refractivity contribution in [2.24, 2.45) is 0 Å². The molecule has 5 nitrogen and oxygen atoms in total. The molecule has 1 aromatic heterocycles. The van der Waals surface area contributed by atoms with Gasteiger partial charge < -0.3 is 10.6 Å². The first-order valence-electron chi connectivity index (χ1n) is 9.01. The highest BCUT2D eigenvalue weighted by Gasteiger charge is 2.11. The molecule has 29 heavy (non-hydrogen) atoms. The standard InChI is InChI=1S/C22H20ClN3O2S/c1-15-22(17-8-10-18(23)11-9-17)26-21(29-15)14-25-20(28)13-24-19(27)12-7-16-5-3-2-4-6-16/h2-12H,13-14H2,1H3,(H,24,27)(H,25,28)/b12-7+. The third-order valence-electron chi connectivity index (χ3n) is 4.05. The summed E-state index contributed by atoms with van der Waals surface area (Å²) in [7, 11) is 0. The molecular weight excluding hydrogens is 406 g/mol. The van der Waals surface area contributed by atoms with Gasteiger partial charge in [0.1, 0.15) is 5.01 Å². The molecule has 2 N–H and O–H groups in total. The van der Waals surface area contributed by atoms with E-state index in [2.05, 4.69) is 15.6 Å². The van der Waals surface area contributed by atoms with Gasteiger partial charge in [0.2, 0.25) is 11.8 Å². The van der Waals surface area contributed by atoms with Gasteiger partial charge >= 0.3 is 0 Å². The molecule has 2 amide bonds. The fourth-order valence-corrected chi connectivity index (χ4v) is 3.62. The Morgan fingerprint density at radius 3 is 2.52 bits per heavy atom. The van der Waals surface area contributed by atoms with Crippen molar-refractivity contribution < 1.29 is 9.59 Å². The first-order valence-corrected chi connectivity index (χ1v) is 10.2. The summed E-state index contributed by atoms with van der Waals surface area (Å²) in [5, 5.41) is 6.83. The zero-order chi connectivity index (χ0) is 20.6. The highest BCUT2D eigenvalue weighted by Crippen LogP contribution is 2.28. The molecule has 3 rings (SSSR count). The summed E-state index contributed by atoms with van der Waals surface area (Å²) < 4.78 is 0. The lowest BCUT2D eigenvalue weighted by atomic mass is 10.1. The summed E-state index contributed by atoms with van der Waals surface area (Å²) in [6, 6.07) is 17.0. The predicted molar refractivity (Wildman–Crippen MR) is 118 cm³/mol. The van der Waals surface area contributed by atoms with Crippen LogP contribution in [0.4, 0.5) is 0 Å². The molecule has 0 aliphatic heterocycles. The van der Waals surface area contributed by atoms with E-state index in [4.69, 9.17) is 11.6 Å². The number of benzene rings is 2. The molecule has 0 bridgehead atoms. The molecule has 0 fully saturated rings. The van der Waals surface area contributed by atoms with E-state index >= 15 is 0 Å². The Hall–Kier alpha value is -2.96. The summed E-state index contributed by atoms with van der Waals surface area (Å²) >= 11 is 7.46. The molecule has 0 radical (unpaired) electrons. The lowest BCUT2D eigenvalue weighted by Gasteiger charge is -2.04. The maximum Gasteiger partial charge on any atom is 0.244 e. The highest BCUT2D eigenvalue weighted by molar-refractivity contribution is 7.12. The molecule has 0 aliphatic rings. The second-order valence-corrected chi connectivity index (χ2v) is 7.98. The molecule has 3 aromatic rings. The van der Waals surface area contributed by atoms with Crippen LogP contribution in [0.25, 0.3) is 17.3 Å². The molecule has 0 atom stereocenters. The van der Waals surface area contributed by atoms with Gasteiger partial charge in [-0.3, -0.25) is 9.59 Å². The van der Waals surface area contributed by atoms with E-state index in [9.17, 15) is 9.59 Å². The average molecular weight is 426 g/mol. The fraction of sp³-hybridized carbons (Fsp3) is 0.136. The zero-order valence-corrected chi connectivity index (χ0v) is 17.4. The highest BCUT2D eigenvalue weighted by atomic mass is 35.5. The summed E-state index contributed by atoms with van der Waals surface area (Å²) in [5.74, 6) is -0.591. The van der Waals surface area contributed by atoms with Crippen molar-refractivity contribution in [1.29, 1.82) is 0 Å². The Kier molecular flexibility index (Phi) is 7.16. The number of aryl methyl sites for hydroxylation is 1. The van der Waals surface area contributed by atoms with Crippen LogP contribution in [0.2, 0.25) is 5.02 Å². The number of hydrogen-bond acceptors (Lipinski definition) is 4. The van der Waals surface area contributed by atoms with Gasteiger partial charge in [0, 0.05) is 21.5 Å². The van der Waals surface area contributed by atoms with Crippen LogP contribution >= 0.6 is 22.9 Å². The lowest BCUT2D eigenvalue weighted by Crippen LogP contribution is -2.35. The van der Waals surface area contributed by atoms with Crippen LogP contribution in [-0.4, -0.2) is 23.3 Å². The molecule has 7 heteroatoms. The number of nitrogens with zero attached hydrogens (tertiary/aromatic N) is 1. The maximum absolute atomic E-state index is 12.0. The van der Waals surface area contributed by atoms with Crippen molar-refractivity contribution in [2.45, 2.75) is 13.5 Å². The van der Waals surface area contributed by atoms with Crippen LogP contribution in [0.1, 0.15) is 15.4 Å². The number of hydrogen-bond donors (Lipinski definition) is 2.